The lowest BCUT2D eigenvalue weighted by Crippen LogP contribution is -2.17. The van der Waals surface area contributed by atoms with Gasteiger partial charge in [0.1, 0.15) is 5.69 Å². The van der Waals surface area contributed by atoms with E-state index >= 15 is 0 Å². The van der Waals surface area contributed by atoms with Crippen molar-refractivity contribution in [2.75, 3.05) is 5.32 Å². The molecular weight excluding hydrogens is 342 g/mol. The van der Waals surface area contributed by atoms with E-state index in [0.29, 0.717) is 6.04 Å². The van der Waals surface area contributed by atoms with Crippen LogP contribution in [-0.4, -0.2) is 15.8 Å². The van der Waals surface area contributed by atoms with Gasteiger partial charge in [-0.1, -0.05) is 80.6 Å². The van der Waals surface area contributed by atoms with Gasteiger partial charge in [-0.3, -0.25) is 4.68 Å². The van der Waals surface area contributed by atoms with Crippen LogP contribution < -0.4 is 5.32 Å². The van der Waals surface area contributed by atoms with E-state index in [1.165, 1.54) is 22.2 Å². The summed E-state index contributed by atoms with van der Waals surface area (Å²) in [6.45, 7) is 5.23. The fourth-order valence-corrected chi connectivity index (χ4v) is 3.74. The molecule has 3 aromatic carbocycles. The Morgan fingerprint density at radius 3 is 2.18 bits per heavy atom. The predicted molar refractivity (Wildman–Crippen MR) is 119 cm³/mol. The number of aromatic nitrogens is 2. The van der Waals surface area contributed by atoms with E-state index in [0.717, 1.165) is 30.6 Å². The highest BCUT2D eigenvalue weighted by Gasteiger charge is 2.17. The third kappa shape index (κ3) is 3.65. The minimum Gasteiger partial charge on any atom is -0.382 e. The van der Waals surface area contributed by atoms with E-state index in [-0.39, 0.29) is 0 Å². The average molecular weight is 370 g/mol. The van der Waals surface area contributed by atoms with E-state index in [1.807, 2.05) is 0 Å². The second kappa shape index (κ2) is 8.30. The predicted octanol–water partition coefficient (Wildman–Crippen LogP) is 6.35. The third-order valence-corrected chi connectivity index (χ3v) is 5.35. The molecular formula is C25H27N3. The third-order valence-electron chi connectivity index (χ3n) is 5.35. The quantitative estimate of drug-likeness (QED) is 0.411. The van der Waals surface area contributed by atoms with Crippen LogP contribution >= 0.6 is 0 Å². The summed E-state index contributed by atoms with van der Waals surface area (Å²) >= 11 is 0. The Hall–Kier alpha value is -3.07. The van der Waals surface area contributed by atoms with Gasteiger partial charge in [0.05, 0.1) is 17.4 Å². The standard InChI is InChI=1S/C25H27N3/c1-3-21(4-2)26-22-16-11-17-23-24(22)25(20-14-9-6-10-15-20)27-28(23)18-19-12-7-5-8-13-19/h5-17,21,26H,3-4,18H2,1-2H3. The number of nitrogens with one attached hydrogen (secondary N) is 1. The lowest BCUT2D eigenvalue weighted by atomic mass is 10.0. The van der Waals surface area contributed by atoms with Crippen molar-refractivity contribution < 1.29 is 0 Å². The summed E-state index contributed by atoms with van der Waals surface area (Å²) < 4.78 is 2.13. The zero-order valence-electron chi connectivity index (χ0n) is 16.6. The van der Waals surface area contributed by atoms with Crippen LogP contribution in [0.4, 0.5) is 5.69 Å². The SMILES string of the molecule is CCC(CC)Nc1cccc2c1c(-c1ccccc1)nn2Cc1ccccc1. The number of fused-ring (bicyclic) bond motifs is 1. The Balaban J connectivity index is 1.87. The van der Waals surface area contributed by atoms with Crippen molar-refractivity contribution >= 4 is 16.6 Å². The molecule has 4 aromatic rings. The van der Waals surface area contributed by atoms with E-state index in [9.17, 15) is 0 Å². The van der Waals surface area contributed by atoms with Gasteiger partial charge in [0.25, 0.3) is 0 Å². The first kappa shape index (κ1) is 18.3. The molecule has 1 N–H and O–H groups in total. The highest BCUT2D eigenvalue weighted by atomic mass is 15.3. The topological polar surface area (TPSA) is 29.9 Å². The molecule has 1 heterocycles. The second-order valence-electron chi connectivity index (χ2n) is 7.22. The maximum absolute atomic E-state index is 5.05. The molecule has 0 aliphatic heterocycles. The molecule has 0 unspecified atom stereocenters. The van der Waals surface area contributed by atoms with Crippen LogP contribution in [0.3, 0.4) is 0 Å². The van der Waals surface area contributed by atoms with Gasteiger partial charge in [-0.2, -0.15) is 5.10 Å². The number of hydrogen-bond acceptors (Lipinski definition) is 2. The monoisotopic (exact) mass is 369 g/mol. The summed E-state index contributed by atoms with van der Waals surface area (Å²) in [5.74, 6) is 0. The number of nitrogens with zero attached hydrogens (tertiary/aromatic N) is 2. The lowest BCUT2D eigenvalue weighted by molar-refractivity contribution is 0.672. The minimum atomic E-state index is 0.465. The Morgan fingerprint density at radius 2 is 1.50 bits per heavy atom. The zero-order valence-corrected chi connectivity index (χ0v) is 16.6. The van der Waals surface area contributed by atoms with Crippen molar-refractivity contribution in [1.29, 1.82) is 0 Å². The van der Waals surface area contributed by atoms with Crippen LogP contribution in [0.1, 0.15) is 32.3 Å². The Labute approximate surface area is 167 Å². The van der Waals surface area contributed by atoms with Gasteiger partial charge in [-0.15, -0.1) is 0 Å². The average Bonchev–Trinajstić information content (AvgIpc) is 3.12. The first-order valence-corrected chi connectivity index (χ1v) is 10.2. The van der Waals surface area contributed by atoms with Crippen LogP contribution in [0.5, 0.6) is 0 Å². The summed E-state index contributed by atoms with van der Waals surface area (Å²) in [6.07, 6.45) is 2.21. The first-order valence-electron chi connectivity index (χ1n) is 10.2. The van der Waals surface area contributed by atoms with Gasteiger partial charge in [0.2, 0.25) is 0 Å². The smallest absolute Gasteiger partial charge is 0.102 e. The molecule has 0 aliphatic rings. The normalized spacial score (nSPS) is 11.2. The molecule has 3 nitrogen and oxygen atoms in total. The lowest BCUT2D eigenvalue weighted by Gasteiger charge is -2.17. The highest BCUT2D eigenvalue weighted by Crippen LogP contribution is 2.34. The van der Waals surface area contributed by atoms with E-state index in [4.69, 9.17) is 5.10 Å². The molecule has 28 heavy (non-hydrogen) atoms. The Morgan fingerprint density at radius 1 is 0.821 bits per heavy atom. The van der Waals surface area contributed by atoms with Gasteiger partial charge >= 0.3 is 0 Å². The molecule has 0 spiro atoms. The van der Waals surface area contributed by atoms with Crippen LogP contribution in [-0.2, 0) is 6.54 Å². The molecule has 1 aromatic heterocycles. The molecule has 0 amide bonds. The molecule has 142 valence electrons. The molecule has 0 saturated heterocycles. The zero-order chi connectivity index (χ0) is 19.3. The number of hydrogen-bond donors (Lipinski definition) is 1. The molecule has 0 bridgehead atoms. The van der Waals surface area contributed by atoms with E-state index < -0.39 is 0 Å². The molecule has 3 heteroatoms. The van der Waals surface area contributed by atoms with Crippen LogP contribution in [0.2, 0.25) is 0 Å². The van der Waals surface area contributed by atoms with E-state index in [2.05, 4.69) is 103 Å². The fourth-order valence-electron chi connectivity index (χ4n) is 3.74. The molecule has 4 rings (SSSR count). The van der Waals surface area contributed by atoms with Crippen molar-refractivity contribution in [2.45, 2.75) is 39.3 Å². The van der Waals surface area contributed by atoms with Crippen molar-refractivity contribution in [2.24, 2.45) is 0 Å². The van der Waals surface area contributed by atoms with Gasteiger partial charge in [0.15, 0.2) is 0 Å². The second-order valence-corrected chi connectivity index (χ2v) is 7.22. The Kier molecular flexibility index (Phi) is 5.43. The molecule has 0 atom stereocenters. The molecule has 0 aliphatic carbocycles. The molecule has 0 radical (unpaired) electrons. The van der Waals surface area contributed by atoms with E-state index in [1.54, 1.807) is 0 Å². The summed E-state index contributed by atoms with van der Waals surface area (Å²) in [6, 6.07) is 28.0. The van der Waals surface area contributed by atoms with Crippen molar-refractivity contribution in [3.63, 3.8) is 0 Å². The summed E-state index contributed by atoms with van der Waals surface area (Å²) in [7, 11) is 0. The van der Waals surface area contributed by atoms with Crippen molar-refractivity contribution in [1.82, 2.24) is 9.78 Å². The summed E-state index contributed by atoms with van der Waals surface area (Å²) in [5, 5.41) is 10.0. The molecule has 0 fully saturated rings. The number of benzene rings is 3. The van der Waals surface area contributed by atoms with Gasteiger partial charge in [0, 0.05) is 17.3 Å². The van der Waals surface area contributed by atoms with Gasteiger partial charge < -0.3 is 5.32 Å². The summed E-state index contributed by atoms with van der Waals surface area (Å²) in [5.41, 5.74) is 5.78. The van der Waals surface area contributed by atoms with Gasteiger partial charge in [-0.25, -0.2) is 0 Å². The Bertz CT molecular complexity index is 1030. The largest absolute Gasteiger partial charge is 0.382 e. The number of rotatable bonds is 7. The van der Waals surface area contributed by atoms with Gasteiger partial charge in [-0.05, 0) is 30.5 Å². The highest BCUT2D eigenvalue weighted by molar-refractivity contribution is 6.02. The maximum atomic E-state index is 5.05. The van der Waals surface area contributed by atoms with Crippen molar-refractivity contribution in [3.05, 3.63) is 84.4 Å². The summed E-state index contributed by atoms with van der Waals surface area (Å²) in [4.78, 5) is 0. The van der Waals surface area contributed by atoms with Crippen molar-refractivity contribution in [3.8, 4) is 11.3 Å². The van der Waals surface area contributed by atoms with Crippen LogP contribution in [0.25, 0.3) is 22.2 Å². The minimum absolute atomic E-state index is 0.465. The fraction of sp³-hybridized carbons (Fsp3) is 0.240. The first-order chi connectivity index (χ1) is 13.8. The number of anilines is 1. The maximum Gasteiger partial charge on any atom is 0.102 e. The van der Waals surface area contributed by atoms with Crippen LogP contribution in [0.15, 0.2) is 78.9 Å². The van der Waals surface area contributed by atoms with Crippen LogP contribution in [0, 0.1) is 0 Å². The molecule has 0 saturated carbocycles.